The number of nitrogens with zero attached hydrogens (tertiary/aromatic N) is 1. The maximum absolute atomic E-state index is 5.09. The van der Waals surface area contributed by atoms with Crippen molar-refractivity contribution >= 4 is 0 Å². The van der Waals surface area contributed by atoms with Gasteiger partial charge in [-0.2, -0.15) is 0 Å². The number of hydrogen-bond donors (Lipinski definition) is 1. The van der Waals surface area contributed by atoms with E-state index in [0.717, 1.165) is 12.8 Å². The molecule has 122 valence electrons. The molecule has 1 unspecified atom stereocenters. The molecule has 0 aliphatic heterocycles. The van der Waals surface area contributed by atoms with Crippen LogP contribution in [0.25, 0.3) is 0 Å². The molecule has 1 rings (SSSR count). The van der Waals surface area contributed by atoms with E-state index in [4.69, 9.17) is 4.98 Å². The van der Waals surface area contributed by atoms with E-state index in [-0.39, 0.29) is 10.8 Å². The number of imidazole rings is 1. The first-order valence-electron chi connectivity index (χ1n) is 8.80. The lowest BCUT2D eigenvalue weighted by Crippen LogP contribution is -2.21. The van der Waals surface area contributed by atoms with Crippen molar-refractivity contribution in [3.63, 3.8) is 0 Å². The first kappa shape index (κ1) is 18.3. The molecule has 21 heavy (non-hydrogen) atoms. The Balaban J connectivity index is 3.28. The van der Waals surface area contributed by atoms with E-state index in [9.17, 15) is 0 Å². The largest absolute Gasteiger partial charge is 0.345 e. The van der Waals surface area contributed by atoms with Crippen LogP contribution in [0.1, 0.15) is 111 Å². The van der Waals surface area contributed by atoms with Crippen molar-refractivity contribution < 1.29 is 0 Å². The maximum Gasteiger partial charge on any atom is 0.112 e. The van der Waals surface area contributed by atoms with Crippen LogP contribution in [-0.2, 0) is 10.8 Å². The summed E-state index contributed by atoms with van der Waals surface area (Å²) in [7, 11) is 0. The molecular formula is C19H36N2. The normalized spacial score (nSPS) is 14.5. The zero-order valence-corrected chi connectivity index (χ0v) is 15.6. The van der Waals surface area contributed by atoms with Gasteiger partial charge in [-0.15, -0.1) is 0 Å². The summed E-state index contributed by atoms with van der Waals surface area (Å²) >= 11 is 0. The Hall–Kier alpha value is -0.790. The van der Waals surface area contributed by atoms with E-state index in [2.05, 4.69) is 60.4 Å². The third-order valence-corrected chi connectivity index (χ3v) is 5.16. The monoisotopic (exact) mass is 292 g/mol. The van der Waals surface area contributed by atoms with Gasteiger partial charge in [0, 0.05) is 16.5 Å². The van der Waals surface area contributed by atoms with Crippen LogP contribution in [0.5, 0.6) is 0 Å². The number of nitrogens with one attached hydrogen (secondary N) is 1. The number of hydrogen-bond acceptors (Lipinski definition) is 1. The summed E-state index contributed by atoms with van der Waals surface area (Å²) in [6.07, 6.45) is 6.00. The SMILES string of the molecule is CCCCC(C)(C)c1nc(C(C)(C)CC)[nH]c1C(C)CC. The molecule has 0 aliphatic carbocycles. The smallest absolute Gasteiger partial charge is 0.112 e. The van der Waals surface area contributed by atoms with Gasteiger partial charge in [0.2, 0.25) is 0 Å². The van der Waals surface area contributed by atoms with E-state index >= 15 is 0 Å². The fourth-order valence-electron chi connectivity index (χ4n) is 2.69. The molecule has 1 aromatic rings. The Bertz CT molecular complexity index is 440. The maximum atomic E-state index is 5.09. The number of aromatic amines is 1. The van der Waals surface area contributed by atoms with Crippen LogP contribution in [0, 0.1) is 0 Å². The Morgan fingerprint density at radius 3 is 2.14 bits per heavy atom. The molecule has 2 heteroatoms. The fraction of sp³-hybridized carbons (Fsp3) is 0.842. The van der Waals surface area contributed by atoms with E-state index in [1.54, 1.807) is 0 Å². The highest BCUT2D eigenvalue weighted by molar-refractivity contribution is 5.28. The van der Waals surface area contributed by atoms with Crippen molar-refractivity contribution in [2.45, 2.75) is 104 Å². The molecular weight excluding hydrogens is 256 g/mol. The van der Waals surface area contributed by atoms with Gasteiger partial charge < -0.3 is 4.98 Å². The zero-order valence-electron chi connectivity index (χ0n) is 15.6. The van der Waals surface area contributed by atoms with Crippen molar-refractivity contribution in [3.8, 4) is 0 Å². The van der Waals surface area contributed by atoms with Crippen LogP contribution < -0.4 is 0 Å². The van der Waals surface area contributed by atoms with Gasteiger partial charge in [-0.05, 0) is 25.2 Å². The summed E-state index contributed by atoms with van der Waals surface area (Å²) in [4.78, 5) is 8.79. The first-order valence-corrected chi connectivity index (χ1v) is 8.80. The van der Waals surface area contributed by atoms with Gasteiger partial charge in [-0.1, -0.05) is 68.2 Å². The number of aromatic nitrogens is 2. The number of unbranched alkanes of at least 4 members (excludes halogenated alkanes) is 1. The second kappa shape index (κ2) is 6.98. The van der Waals surface area contributed by atoms with Crippen LogP contribution in [0.3, 0.4) is 0 Å². The molecule has 1 heterocycles. The quantitative estimate of drug-likeness (QED) is 0.618. The van der Waals surface area contributed by atoms with Gasteiger partial charge >= 0.3 is 0 Å². The minimum Gasteiger partial charge on any atom is -0.345 e. The van der Waals surface area contributed by atoms with Crippen LogP contribution >= 0.6 is 0 Å². The predicted octanol–water partition coefficient (Wildman–Crippen LogP) is 6.08. The van der Waals surface area contributed by atoms with Gasteiger partial charge in [-0.3, -0.25) is 0 Å². The van der Waals surface area contributed by atoms with Gasteiger partial charge in [-0.25, -0.2) is 4.98 Å². The Kier molecular flexibility index (Phi) is 6.07. The average molecular weight is 293 g/mol. The summed E-state index contributed by atoms with van der Waals surface area (Å²) in [6.45, 7) is 18.4. The lowest BCUT2D eigenvalue weighted by atomic mass is 9.81. The fourth-order valence-corrected chi connectivity index (χ4v) is 2.69. The van der Waals surface area contributed by atoms with Crippen molar-refractivity contribution in [3.05, 3.63) is 17.2 Å². The van der Waals surface area contributed by atoms with E-state index < -0.39 is 0 Å². The molecule has 1 N–H and O–H groups in total. The third kappa shape index (κ3) is 4.11. The van der Waals surface area contributed by atoms with Crippen LogP contribution in [0.15, 0.2) is 0 Å². The Morgan fingerprint density at radius 2 is 1.67 bits per heavy atom. The molecule has 0 aliphatic rings. The standard InChI is InChI=1S/C19H36N2/c1-9-12-13-19(7,8)16-15(14(4)10-2)20-17(21-16)18(5,6)11-3/h14H,9-13H2,1-8H3,(H,20,21). The third-order valence-electron chi connectivity index (χ3n) is 5.16. The molecule has 2 nitrogen and oxygen atoms in total. The van der Waals surface area contributed by atoms with E-state index in [0.29, 0.717) is 5.92 Å². The van der Waals surface area contributed by atoms with Gasteiger partial charge in [0.1, 0.15) is 5.82 Å². The molecule has 1 aromatic heterocycles. The van der Waals surface area contributed by atoms with Crippen LogP contribution in [0.4, 0.5) is 0 Å². The Morgan fingerprint density at radius 1 is 1.05 bits per heavy atom. The van der Waals surface area contributed by atoms with Gasteiger partial charge in [0.25, 0.3) is 0 Å². The van der Waals surface area contributed by atoms with Crippen molar-refractivity contribution in [1.29, 1.82) is 0 Å². The summed E-state index contributed by atoms with van der Waals surface area (Å²) in [6, 6.07) is 0. The second-order valence-electron chi connectivity index (χ2n) is 7.88. The second-order valence-corrected chi connectivity index (χ2v) is 7.88. The summed E-state index contributed by atoms with van der Waals surface area (Å²) in [5.41, 5.74) is 2.96. The molecule has 0 spiro atoms. The summed E-state index contributed by atoms with van der Waals surface area (Å²) < 4.78 is 0. The minimum absolute atomic E-state index is 0.126. The van der Waals surface area contributed by atoms with Gasteiger partial charge in [0.15, 0.2) is 0 Å². The highest BCUT2D eigenvalue weighted by atomic mass is 15.0. The van der Waals surface area contributed by atoms with Crippen LogP contribution in [0.2, 0.25) is 0 Å². The van der Waals surface area contributed by atoms with E-state index in [1.165, 1.54) is 36.5 Å². The van der Waals surface area contributed by atoms with Crippen molar-refractivity contribution in [1.82, 2.24) is 9.97 Å². The highest BCUT2D eigenvalue weighted by Crippen LogP contribution is 2.36. The molecule has 0 bridgehead atoms. The molecule has 0 saturated carbocycles. The lowest BCUT2D eigenvalue weighted by Gasteiger charge is -2.25. The molecule has 0 aromatic carbocycles. The van der Waals surface area contributed by atoms with Crippen LogP contribution in [-0.4, -0.2) is 9.97 Å². The molecule has 1 atom stereocenters. The molecule has 0 amide bonds. The topological polar surface area (TPSA) is 28.7 Å². The molecule has 0 saturated heterocycles. The number of rotatable bonds is 8. The molecule has 0 fully saturated rings. The number of H-pyrrole nitrogens is 1. The van der Waals surface area contributed by atoms with Crippen molar-refractivity contribution in [2.75, 3.05) is 0 Å². The minimum atomic E-state index is 0.126. The first-order chi connectivity index (χ1) is 9.69. The molecule has 0 radical (unpaired) electrons. The van der Waals surface area contributed by atoms with E-state index in [1.807, 2.05) is 0 Å². The zero-order chi connectivity index (χ0) is 16.3. The lowest BCUT2D eigenvalue weighted by molar-refractivity contribution is 0.434. The Labute approximate surface area is 132 Å². The highest BCUT2D eigenvalue weighted by Gasteiger charge is 2.32. The van der Waals surface area contributed by atoms with Crippen molar-refractivity contribution in [2.24, 2.45) is 0 Å². The van der Waals surface area contributed by atoms with Gasteiger partial charge in [0.05, 0.1) is 5.69 Å². The summed E-state index contributed by atoms with van der Waals surface area (Å²) in [5, 5.41) is 0. The summed E-state index contributed by atoms with van der Waals surface area (Å²) in [5.74, 6) is 1.72. The predicted molar refractivity (Wildman–Crippen MR) is 93.2 cm³/mol. The average Bonchev–Trinajstić information content (AvgIpc) is 2.91.